The molecule has 2 N–H and O–H groups in total. The highest BCUT2D eigenvalue weighted by molar-refractivity contribution is 5.96. The van der Waals surface area contributed by atoms with Gasteiger partial charge in [0.1, 0.15) is 17.4 Å². The lowest BCUT2D eigenvalue weighted by Gasteiger charge is -2.35. The van der Waals surface area contributed by atoms with Crippen LogP contribution in [-0.2, 0) is 0 Å². The molecule has 1 aliphatic heterocycles. The van der Waals surface area contributed by atoms with Gasteiger partial charge in [-0.15, -0.1) is 0 Å². The zero-order valence-electron chi connectivity index (χ0n) is 16.2. The number of hydrogen-bond acceptors (Lipinski definition) is 4. The summed E-state index contributed by atoms with van der Waals surface area (Å²) in [7, 11) is 0. The standard InChI is InChI=1S/C19H17F5N6O/c1-10(19(22,23)24)28-18(31)13-5-14(20)16(17(15(13)21)29-3-2-4-29)30-9-12(8-27-30)11-6-25-26-7-11/h5-10H,2-4H2,1H3,(H,25,26)(H,28,31)/t10-/m0/s1. The molecule has 0 unspecified atom stereocenters. The third-order valence-corrected chi connectivity index (χ3v) is 5.06. The second-order valence-electron chi connectivity index (χ2n) is 7.16. The Morgan fingerprint density at radius 1 is 1.19 bits per heavy atom. The number of alkyl halides is 3. The number of nitrogens with one attached hydrogen (secondary N) is 2. The molecule has 0 spiro atoms. The summed E-state index contributed by atoms with van der Waals surface area (Å²) in [5, 5.41) is 12.2. The molecule has 0 bridgehead atoms. The van der Waals surface area contributed by atoms with Gasteiger partial charge >= 0.3 is 6.18 Å². The van der Waals surface area contributed by atoms with Gasteiger partial charge in [-0.05, 0) is 19.4 Å². The number of benzene rings is 1. The van der Waals surface area contributed by atoms with Gasteiger partial charge in [-0.3, -0.25) is 9.89 Å². The Morgan fingerprint density at radius 2 is 1.94 bits per heavy atom. The van der Waals surface area contributed by atoms with Crippen LogP contribution in [0.3, 0.4) is 0 Å². The molecule has 12 heteroatoms. The first-order valence-corrected chi connectivity index (χ1v) is 9.35. The Labute approximate surface area is 172 Å². The van der Waals surface area contributed by atoms with E-state index in [2.05, 4.69) is 15.3 Å². The molecular weight excluding hydrogens is 423 g/mol. The first-order chi connectivity index (χ1) is 14.7. The quantitative estimate of drug-likeness (QED) is 0.596. The molecule has 1 fully saturated rings. The Hall–Kier alpha value is -3.44. The van der Waals surface area contributed by atoms with Gasteiger partial charge in [0.2, 0.25) is 0 Å². The van der Waals surface area contributed by atoms with Gasteiger partial charge in [-0.2, -0.15) is 23.4 Å². The number of rotatable bonds is 5. The van der Waals surface area contributed by atoms with E-state index in [1.807, 2.05) is 0 Å². The fourth-order valence-corrected chi connectivity index (χ4v) is 3.17. The molecule has 1 aliphatic rings. The Kier molecular flexibility index (Phi) is 5.15. The van der Waals surface area contributed by atoms with E-state index in [1.54, 1.807) is 11.5 Å². The van der Waals surface area contributed by atoms with Crippen LogP contribution in [0, 0.1) is 11.6 Å². The molecule has 31 heavy (non-hydrogen) atoms. The van der Waals surface area contributed by atoms with Crippen molar-refractivity contribution in [3.05, 3.63) is 48.1 Å². The predicted molar refractivity (Wildman–Crippen MR) is 101 cm³/mol. The highest BCUT2D eigenvalue weighted by Gasteiger charge is 2.38. The second kappa shape index (κ2) is 7.67. The van der Waals surface area contributed by atoms with E-state index >= 15 is 8.78 Å². The van der Waals surface area contributed by atoms with E-state index in [9.17, 15) is 18.0 Å². The molecule has 164 valence electrons. The van der Waals surface area contributed by atoms with E-state index in [1.165, 1.54) is 23.5 Å². The molecule has 4 rings (SSSR count). The van der Waals surface area contributed by atoms with Crippen molar-refractivity contribution in [3.63, 3.8) is 0 Å². The monoisotopic (exact) mass is 440 g/mol. The predicted octanol–water partition coefficient (Wildman–Crippen LogP) is 3.43. The third kappa shape index (κ3) is 3.84. The van der Waals surface area contributed by atoms with Crippen molar-refractivity contribution in [1.29, 1.82) is 0 Å². The van der Waals surface area contributed by atoms with Crippen LogP contribution < -0.4 is 10.2 Å². The minimum Gasteiger partial charge on any atom is -0.367 e. The maximum Gasteiger partial charge on any atom is 0.408 e. The number of nitrogens with zero attached hydrogens (tertiary/aromatic N) is 4. The maximum absolute atomic E-state index is 15.3. The Morgan fingerprint density at radius 3 is 2.52 bits per heavy atom. The first-order valence-electron chi connectivity index (χ1n) is 9.35. The summed E-state index contributed by atoms with van der Waals surface area (Å²) >= 11 is 0. The lowest BCUT2D eigenvalue weighted by atomic mass is 10.1. The van der Waals surface area contributed by atoms with Crippen molar-refractivity contribution in [2.75, 3.05) is 18.0 Å². The molecule has 7 nitrogen and oxygen atoms in total. The molecule has 0 aliphatic carbocycles. The van der Waals surface area contributed by atoms with E-state index in [0.717, 1.165) is 18.0 Å². The van der Waals surface area contributed by atoms with Crippen LogP contribution in [-0.4, -0.2) is 51.2 Å². The number of aromatic nitrogens is 4. The third-order valence-electron chi connectivity index (χ3n) is 5.06. The second-order valence-corrected chi connectivity index (χ2v) is 7.16. The van der Waals surface area contributed by atoms with Crippen LogP contribution in [0.2, 0.25) is 0 Å². The summed E-state index contributed by atoms with van der Waals surface area (Å²) in [6.07, 6.45) is 2.05. The molecule has 2 aromatic heterocycles. The van der Waals surface area contributed by atoms with E-state index < -0.39 is 35.3 Å². The largest absolute Gasteiger partial charge is 0.408 e. The lowest BCUT2D eigenvalue weighted by molar-refractivity contribution is -0.149. The van der Waals surface area contributed by atoms with Gasteiger partial charge < -0.3 is 10.2 Å². The van der Waals surface area contributed by atoms with Crippen LogP contribution >= 0.6 is 0 Å². The molecule has 0 saturated carbocycles. The molecule has 3 aromatic rings. The molecular formula is C19H17F5N6O. The highest BCUT2D eigenvalue weighted by atomic mass is 19.4. The zero-order chi connectivity index (χ0) is 22.3. The van der Waals surface area contributed by atoms with Crippen molar-refractivity contribution in [1.82, 2.24) is 25.3 Å². The average molecular weight is 440 g/mol. The van der Waals surface area contributed by atoms with E-state index in [-0.39, 0.29) is 11.4 Å². The highest BCUT2D eigenvalue weighted by Crippen LogP contribution is 2.36. The number of anilines is 1. The van der Waals surface area contributed by atoms with E-state index in [4.69, 9.17) is 0 Å². The summed E-state index contributed by atoms with van der Waals surface area (Å²) in [4.78, 5) is 13.8. The molecule has 1 aromatic carbocycles. The molecule has 0 radical (unpaired) electrons. The van der Waals surface area contributed by atoms with Crippen molar-refractivity contribution in [2.45, 2.75) is 25.6 Å². The van der Waals surface area contributed by atoms with Crippen LogP contribution in [0.15, 0.2) is 30.9 Å². The normalized spacial score (nSPS) is 15.0. The molecule has 1 saturated heterocycles. The fourth-order valence-electron chi connectivity index (χ4n) is 3.17. The summed E-state index contributed by atoms with van der Waals surface area (Å²) in [6, 6.07) is -1.63. The van der Waals surface area contributed by atoms with Crippen LogP contribution in [0.4, 0.5) is 27.6 Å². The number of carbonyl (C=O) groups is 1. The molecule has 1 amide bonds. The number of hydrogen-bond donors (Lipinski definition) is 2. The lowest BCUT2D eigenvalue weighted by Crippen LogP contribution is -2.44. The number of H-pyrrole nitrogens is 1. The Balaban J connectivity index is 1.77. The van der Waals surface area contributed by atoms with E-state index in [0.29, 0.717) is 30.3 Å². The van der Waals surface area contributed by atoms with Crippen molar-refractivity contribution >= 4 is 11.6 Å². The summed E-state index contributed by atoms with van der Waals surface area (Å²) in [5.74, 6) is -3.45. The number of carbonyl (C=O) groups excluding carboxylic acids is 1. The van der Waals surface area contributed by atoms with Crippen molar-refractivity contribution in [3.8, 4) is 16.8 Å². The maximum atomic E-state index is 15.3. The SMILES string of the molecule is C[C@H](NC(=O)c1cc(F)c(-n2cc(-c3cn[nH]c3)cn2)c(N2CCC2)c1F)C(F)(F)F. The minimum absolute atomic E-state index is 0.224. The van der Waals surface area contributed by atoms with Gasteiger partial charge in [0, 0.05) is 36.6 Å². The van der Waals surface area contributed by atoms with Gasteiger partial charge in [-0.1, -0.05) is 0 Å². The minimum atomic E-state index is -4.72. The summed E-state index contributed by atoms with van der Waals surface area (Å²) < 4.78 is 69.9. The van der Waals surface area contributed by atoms with Gasteiger partial charge in [-0.25, -0.2) is 13.5 Å². The summed E-state index contributed by atoms with van der Waals surface area (Å²) in [6.45, 7) is 1.53. The first kappa shape index (κ1) is 20.8. The van der Waals surface area contributed by atoms with Crippen molar-refractivity contribution in [2.24, 2.45) is 0 Å². The van der Waals surface area contributed by atoms with Crippen molar-refractivity contribution < 1.29 is 26.7 Å². The molecule has 1 atom stereocenters. The average Bonchev–Trinajstić information content (AvgIpc) is 3.33. The van der Waals surface area contributed by atoms with Crippen LogP contribution in [0.25, 0.3) is 16.8 Å². The summed E-state index contributed by atoms with van der Waals surface area (Å²) in [5.41, 5.74) is 0.00504. The molecule has 3 heterocycles. The van der Waals surface area contributed by atoms with Crippen LogP contribution in [0.1, 0.15) is 23.7 Å². The van der Waals surface area contributed by atoms with Crippen LogP contribution in [0.5, 0.6) is 0 Å². The van der Waals surface area contributed by atoms with Gasteiger partial charge in [0.15, 0.2) is 11.6 Å². The van der Waals surface area contributed by atoms with Gasteiger partial charge in [0.05, 0.1) is 18.0 Å². The fraction of sp³-hybridized carbons (Fsp3) is 0.316. The number of halogens is 5. The Bertz CT molecular complexity index is 1100. The number of aromatic amines is 1. The van der Waals surface area contributed by atoms with Gasteiger partial charge in [0.25, 0.3) is 5.91 Å². The topological polar surface area (TPSA) is 78.8 Å². The smallest absolute Gasteiger partial charge is 0.367 e. The zero-order valence-corrected chi connectivity index (χ0v) is 16.2. The number of amides is 1.